The van der Waals surface area contributed by atoms with E-state index in [2.05, 4.69) is 5.16 Å². The molecule has 4 nitrogen and oxygen atoms in total. The van der Waals surface area contributed by atoms with Gasteiger partial charge in [0.15, 0.2) is 0 Å². The summed E-state index contributed by atoms with van der Waals surface area (Å²) in [6.07, 6.45) is 0.832. The van der Waals surface area contributed by atoms with E-state index in [0.717, 1.165) is 23.3 Å². The first-order chi connectivity index (χ1) is 8.19. The monoisotopic (exact) mass is 237 g/mol. The summed E-state index contributed by atoms with van der Waals surface area (Å²) in [6.45, 7) is 5.00. The van der Waals surface area contributed by atoms with Crippen LogP contribution in [0.25, 0.3) is 0 Å². The number of aryl methyl sites for hydroxylation is 1. The maximum Gasteiger partial charge on any atom is 0.128 e. The van der Waals surface area contributed by atoms with Gasteiger partial charge in [0.25, 0.3) is 0 Å². The minimum absolute atomic E-state index is 0.551. The predicted molar refractivity (Wildman–Crippen MR) is 67.2 cm³/mol. The standard InChI is InChI=1S/C13H19NO3/c1-10-5-6-13(17-8-4-7-16-3)12(9-10)11(2)14-15/h5-6,9,15H,4,7-8H2,1-3H3/b14-11+. The van der Waals surface area contributed by atoms with E-state index >= 15 is 0 Å². The molecular formula is C13H19NO3. The molecule has 0 saturated heterocycles. The number of hydrogen-bond donors (Lipinski definition) is 1. The Labute approximate surface area is 102 Å². The Morgan fingerprint density at radius 2 is 2.12 bits per heavy atom. The largest absolute Gasteiger partial charge is 0.493 e. The molecule has 0 amide bonds. The first-order valence-corrected chi connectivity index (χ1v) is 5.60. The van der Waals surface area contributed by atoms with E-state index in [1.54, 1.807) is 14.0 Å². The lowest BCUT2D eigenvalue weighted by atomic mass is 10.1. The molecule has 0 aromatic heterocycles. The third-order valence-electron chi connectivity index (χ3n) is 2.43. The molecule has 0 aliphatic heterocycles. The lowest BCUT2D eigenvalue weighted by molar-refractivity contribution is 0.172. The number of nitrogens with zero attached hydrogens (tertiary/aromatic N) is 1. The molecule has 4 heteroatoms. The molecule has 1 aromatic rings. The normalized spacial score (nSPS) is 11.6. The zero-order chi connectivity index (χ0) is 12.7. The molecule has 0 bridgehead atoms. The summed E-state index contributed by atoms with van der Waals surface area (Å²) in [6, 6.07) is 5.81. The molecule has 0 unspecified atom stereocenters. The van der Waals surface area contributed by atoms with Crippen molar-refractivity contribution in [3.05, 3.63) is 29.3 Å². The number of oxime groups is 1. The predicted octanol–water partition coefficient (Wildman–Crippen LogP) is 2.61. The molecule has 17 heavy (non-hydrogen) atoms. The molecule has 0 aliphatic carbocycles. The van der Waals surface area contributed by atoms with Crippen LogP contribution in [0.1, 0.15) is 24.5 Å². The second kappa shape index (κ2) is 6.91. The van der Waals surface area contributed by atoms with Crippen LogP contribution in [0, 0.1) is 6.92 Å². The fraction of sp³-hybridized carbons (Fsp3) is 0.462. The zero-order valence-electron chi connectivity index (χ0n) is 10.6. The highest BCUT2D eigenvalue weighted by Crippen LogP contribution is 2.21. The van der Waals surface area contributed by atoms with Gasteiger partial charge in [0.1, 0.15) is 5.75 Å². The lowest BCUT2D eigenvalue weighted by Crippen LogP contribution is -2.06. The molecule has 1 N–H and O–H groups in total. The van der Waals surface area contributed by atoms with E-state index in [9.17, 15) is 0 Å². The first-order valence-electron chi connectivity index (χ1n) is 5.60. The van der Waals surface area contributed by atoms with Crippen LogP contribution in [-0.4, -0.2) is 31.2 Å². The van der Waals surface area contributed by atoms with E-state index in [4.69, 9.17) is 14.7 Å². The van der Waals surface area contributed by atoms with Crippen LogP contribution in [0.5, 0.6) is 5.75 Å². The van der Waals surface area contributed by atoms with Gasteiger partial charge in [0, 0.05) is 25.7 Å². The molecule has 0 aliphatic rings. The summed E-state index contributed by atoms with van der Waals surface area (Å²) < 4.78 is 10.6. The molecule has 0 saturated carbocycles. The molecule has 1 aromatic carbocycles. The summed E-state index contributed by atoms with van der Waals surface area (Å²) in [4.78, 5) is 0. The Hall–Kier alpha value is -1.55. The topological polar surface area (TPSA) is 51.0 Å². The third-order valence-corrected chi connectivity index (χ3v) is 2.43. The molecule has 0 atom stereocenters. The van der Waals surface area contributed by atoms with Crippen molar-refractivity contribution in [3.8, 4) is 5.75 Å². The number of benzene rings is 1. The average molecular weight is 237 g/mol. The quantitative estimate of drug-likeness (QED) is 0.358. The van der Waals surface area contributed by atoms with Crippen LogP contribution >= 0.6 is 0 Å². The van der Waals surface area contributed by atoms with Gasteiger partial charge in [-0.1, -0.05) is 16.8 Å². The molecule has 94 valence electrons. The Bertz CT molecular complexity index is 388. The number of hydrogen-bond acceptors (Lipinski definition) is 4. The summed E-state index contributed by atoms with van der Waals surface area (Å²) >= 11 is 0. The second-order valence-electron chi connectivity index (χ2n) is 3.88. The van der Waals surface area contributed by atoms with Crippen molar-refractivity contribution in [2.45, 2.75) is 20.3 Å². The second-order valence-corrected chi connectivity index (χ2v) is 3.88. The fourth-order valence-corrected chi connectivity index (χ4v) is 1.49. The number of ether oxygens (including phenoxy) is 2. The van der Waals surface area contributed by atoms with Crippen molar-refractivity contribution in [3.63, 3.8) is 0 Å². The van der Waals surface area contributed by atoms with Gasteiger partial charge in [-0.2, -0.15) is 0 Å². The highest BCUT2D eigenvalue weighted by Gasteiger charge is 2.07. The minimum atomic E-state index is 0.551. The number of rotatable bonds is 6. The van der Waals surface area contributed by atoms with Crippen molar-refractivity contribution in [1.29, 1.82) is 0 Å². The van der Waals surface area contributed by atoms with E-state index in [1.807, 2.05) is 25.1 Å². The van der Waals surface area contributed by atoms with Gasteiger partial charge >= 0.3 is 0 Å². The van der Waals surface area contributed by atoms with Crippen LogP contribution in [0.4, 0.5) is 0 Å². The summed E-state index contributed by atoms with van der Waals surface area (Å²) in [5.41, 5.74) is 2.48. The number of methoxy groups -OCH3 is 1. The third kappa shape index (κ3) is 4.07. The summed E-state index contributed by atoms with van der Waals surface area (Å²) in [5, 5.41) is 12.0. The lowest BCUT2D eigenvalue weighted by Gasteiger charge is -2.11. The minimum Gasteiger partial charge on any atom is -0.493 e. The Morgan fingerprint density at radius 3 is 2.76 bits per heavy atom. The molecule has 0 spiro atoms. The molecule has 0 fully saturated rings. The van der Waals surface area contributed by atoms with Crippen molar-refractivity contribution in [2.75, 3.05) is 20.3 Å². The maximum absolute atomic E-state index is 8.83. The van der Waals surface area contributed by atoms with Crippen molar-refractivity contribution >= 4 is 5.71 Å². The van der Waals surface area contributed by atoms with Crippen LogP contribution < -0.4 is 4.74 Å². The van der Waals surface area contributed by atoms with E-state index in [-0.39, 0.29) is 0 Å². The summed E-state index contributed by atoms with van der Waals surface area (Å²) in [5.74, 6) is 0.738. The molecule has 1 rings (SSSR count). The smallest absolute Gasteiger partial charge is 0.128 e. The van der Waals surface area contributed by atoms with Crippen LogP contribution in [0.15, 0.2) is 23.4 Å². The first kappa shape index (κ1) is 13.5. The van der Waals surface area contributed by atoms with E-state index in [0.29, 0.717) is 18.9 Å². The molecular weight excluding hydrogens is 218 g/mol. The van der Waals surface area contributed by atoms with Gasteiger partial charge in [-0.15, -0.1) is 0 Å². The SMILES string of the molecule is COCCCOc1ccc(C)cc1/C(C)=N/O. The van der Waals surface area contributed by atoms with Crippen LogP contribution in [0.2, 0.25) is 0 Å². The van der Waals surface area contributed by atoms with Crippen molar-refractivity contribution in [1.82, 2.24) is 0 Å². The summed E-state index contributed by atoms with van der Waals surface area (Å²) in [7, 11) is 1.67. The van der Waals surface area contributed by atoms with Gasteiger partial charge in [-0.3, -0.25) is 0 Å². The Morgan fingerprint density at radius 1 is 1.35 bits per heavy atom. The highest BCUT2D eigenvalue weighted by molar-refractivity contribution is 6.00. The maximum atomic E-state index is 8.83. The van der Waals surface area contributed by atoms with E-state index < -0.39 is 0 Å². The van der Waals surface area contributed by atoms with Crippen LogP contribution in [-0.2, 0) is 4.74 Å². The molecule has 0 heterocycles. The zero-order valence-corrected chi connectivity index (χ0v) is 10.6. The van der Waals surface area contributed by atoms with Gasteiger partial charge in [0.2, 0.25) is 0 Å². The fourth-order valence-electron chi connectivity index (χ4n) is 1.49. The average Bonchev–Trinajstić information content (AvgIpc) is 2.35. The van der Waals surface area contributed by atoms with Crippen molar-refractivity contribution < 1.29 is 14.7 Å². The van der Waals surface area contributed by atoms with Gasteiger partial charge in [0.05, 0.1) is 12.3 Å². The molecule has 0 radical (unpaired) electrons. The van der Waals surface area contributed by atoms with Crippen LogP contribution in [0.3, 0.4) is 0 Å². The Kier molecular flexibility index (Phi) is 5.49. The highest BCUT2D eigenvalue weighted by atomic mass is 16.5. The van der Waals surface area contributed by atoms with E-state index in [1.165, 1.54) is 0 Å². The van der Waals surface area contributed by atoms with Gasteiger partial charge in [-0.05, 0) is 26.0 Å². The van der Waals surface area contributed by atoms with Gasteiger partial charge in [-0.25, -0.2) is 0 Å². The van der Waals surface area contributed by atoms with Crippen molar-refractivity contribution in [2.24, 2.45) is 5.16 Å². The van der Waals surface area contributed by atoms with Gasteiger partial charge < -0.3 is 14.7 Å². The Balaban J connectivity index is 2.76.